The van der Waals surface area contributed by atoms with Gasteiger partial charge in [0.2, 0.25) is 0 Å². The molecule has 0 aromatic rings. The van der Waals surface area contributed by atoms with Crippen LogP contribution < -0.4 is 0 Å². The van der Waals surface area contributed by atoms with Crippen molar-refractivity contribution in [1.82, 2.24) is 0 Å². The van der Waals surface area contributed by atoms with Crippen molar-refractivity contribution in [1.29, 1.82) is 0 Å². The quantitative estimate of drug-likeness (QED) is 0.525. The molecule has 0 fully saturated rings. The summed E-state index contributed by atoms with van der Waals surface area (Å²) in [7, 11) is 0. The second-order valence-electron chi connectivity index (χ2n) is 3.37. The van der Waals surface area contributed by atoms with Crippen LogP contribution in [0.3, 0.4) is 0 Å². The molecule has 0 rings (SSSR count). The fourth-order valence-corrected chi connectivity index (χ4v) is 1.05. The van der Waals surface area contributed by atoms with Crippen molar-refractivity contribution in [3.8, 4) is 0 Å². The average Bonchev–Trinajstić information content (AvgIpc) is 2.13. The third-order valence-corrected chi connectivity index (χ3v) is 1.69. The zero-order chi connectivity index (χ0) is 14.3. The predicted octanol–water partition coefficient (Wildman–Crippen LogP) is -0.353. The molecule has 18 heavy (non-hydrogen) atoms. The Morgan fingerprint density at radius 2 is 1.22 bits per heavy atom. The number of hydrogen-bond donors (Lipinski definition) is 1. The van der Waals surface area contributed by atoms with Crippen molar-refractivity contribution in [2.24, 2.45) is 5.92 Å². The van der Waals surface area contributed by atoms with Crippen LogP contribution in [0, 0.1) is 5.92 Å². The van der Waals surface area contributed by atoms with Crippen LogP contribution in [-0.4, -0.2) is 35.0 Å². The molecule has 0 saturated heterocycles. The first kappa shape index (κ1) is 15.8. The molecule has 0 aliphatic carbocycles. The first-order valence-electron chi connectivity index (χ1n) is 4.87. The standard InChI is InChI=1S/C10H12O8/c1-5(11)17-8(13)3-7(10(15)16)4-9(14)18-6(2)12/h7H,3-4H2,1-2H3,(H,15,16). The topological polar surface area (TPSA) is 124 Å². The summed E-state index contributed by atoms with van der Waals surface area (Å²) >= 11 is 0. The Hall–Kier alpha value is -2.25. The average molecular weight is 260 g/mol. The highest BCUT2D eigenvalue weighted by molar-refractivity contribution is 5.90. The molecule has 100 valence electrons. The SMILES string of the molecule is CC(=O)OC(=O)CC(CC(=O)OC(C)=O)C(=O)O. The Morgan fingerprint density at radius 1 is 0.889 bits per heavy atom. The molecule has 0 atom stereocenters. The van der Waals surface area contributed by atoms with Crippen molar-refractivity contribution in [3.05, 3.63) is 0 Å². The minimum absolute atomic E-state index is 0.665. The van der Waals surface area contributed by atoms with Gasteiger partial charge in [-0.1, -0.05) is 0 Å². The zero-order valence-electron chi connectivity index (χ0n) is 9.80. The molecule has 8 heteroatoms. The lowest BCUT2D eigenvalue weighted by Crippen LogP contribution is -2.24. The lowest BCUT2D eigenvalue weighted by Gasteiger charge is -2.09. The van der Waals surface area contributed by atoms with Gasteiger partial charge in [-0.2, -0.15) is 0 Å². The maximum absolute atomic E-state index is 11.0. The van der Waals surface area contributed by atoms with Crippen molar-refractivity contribution in [3.63, 3.8) is 0 Å². The molecule has 0 aliphatic rings. The number of hydrogen-bond acceptors (Lipinski definition) is 7. The fourth-order valence-electron chi connectivity index (χ4n) is 1.05. The van der Waals surface area contributed by atoms with Crippen LogP contribution in [-0.2, 0) is 33.4 Å². The van der Waals surface area contributed by atoms with Crippen LogP contribution in [0.15, 0.2) is 0 Å². The summed E-state index contributed by atoms with van der Waals surface area (Å²) in [6, 6.07) is 0. The van der Waals surface area contributed by atoms with Crippen LogP contribution >= 0.6 is 0 Å². The van der Waals surface area contributed by atoms with Crippen molar-refractivity contribution in [2.45, 2.75) is 26.7 Å². The molecule has 0 amide bonds. The minimum Gasteiger partial charge on any atom is -0.481 e. The Labute approximate surface area is 102 Å². The molecule has 0 saturated carbocycles. The van der Waals surface area contributed by atoms with Gasteiger partial charge in [0.05, 0.1) is 18.8 Å². The third-order valence-electron chi connectivity index (χ3n) is 1.69. The largest absolute Gasteiger partial charge is 0.481 e. The normalized spacial score (nSPS) is 9.72. The van der Waals surface area contributed by atoms with Gasteiger partial charge in [-0.05, 0) is 0 Å². The van der Waals surface area contributed by atoms with E-state index in [0.29, 0.717) is 0 Å². The van der Waals surface area contributed by atoms with E-state index in [9.17, 15) is 24.0 Å². The molecular formula is C10H12O8. The van der Waals surface area contributed by atoms with Gasteiger partial charge < -0.3 is 14.6 Å². The lowest BCUT2D eigenvalue weighted by molar-refractivity contribution is -0.163. The maximum atomic E-state index is 11.0. The Morgan fingerprint density at radius 3 is 1.44 bits per heavy atom. The smallest absolute Gasteiger partial charge is 0.314 e. The highest BCUT2D eigenvalue weighted by Crippen LogP contribution is 2.11. The monoisotopic (exact) mass is 260 g/mol. The summed E-state index contributed by atoms with van der Waals surface area (Å²) in [4.78, 5) is 53.7. The van der Waals surface area contributed by atoms with Crippen LogP contribution in [0.5, 0.6) is 0 Å². The Bertz CT molecular complexity index is 353. The molecule has 0 heterocycles. The van der Waals surface area contributed by atoms with E-state index in [1.807, 2.05) is 0 Å². The second-order valence-corrected chi connectivity index (χ2v) is 3.37. The predicted molar refractivity (Wildman–Crippen MR) is 53.9 cm³/mol. The van der Waals surface area contributed by atoms with Crippen LogP contribution in [0.1, 0.15) is 26.7 Å². The third kappa shape index (κ3) is 7.09. The molecular weight excluding hydrogens is 248 g/mol. The molecule has 1 N–H and O–H groups in total. The first-order valence-corrected chi connectivity index (χ1v) is 4.87. The number of carboxylic acid groups (broad SMARTS) is 1. The molecule has 0 spiro atoms. The Kier molecular flexibility index (Phi) is 6.26. The molecule has 8 nitrogen and oxygen atoms in total. The van der Waals surface area contributed by atoms with Crippen molar-refractivity contribution < 1.29 is 38.6 Å². The summed E-state index contributed by atoms with van der Waals surface area (Å²) in [5.41, 5.74) is 0. The molecule has 0 radical (unpaired) electrons. The number of esters is 4. The van der Waals surface area contributed by atoms with E-state index in [4.69, 9.17) is 5.11 Å². The summed E-state index contributed by atoms with van der Waals surface area (Å²) in [6.45, 7) is 1.97. The van der Waals surface area contributed by atoms with E-state index in [-0.39, 0.29) is 0 Å². The fraction of sp³-hybridized carbons (Fsp3) is 0.500. The van der Waals surface area contributed by atoms with Gasteiger partial charge in [0.15, 0.2) is 0 Å². The van der Waals surface area contributed by atoms with Gasteiger partial charge in [-0.15, -0.1) is 0 Å². The molecule has 0 unspecified atom stereocenters. The highest BCUT2D eigenvalue weighted by atomic mass is 16.6. The number of rotatable bonds is 5. The maximum Gasteiger partial charge on any atom is 0.314 e. The van der Waals surface area contributed by atoms with Crippen molar-refractivity contribution in [2.75, 3.05) is 0 Å². The van der Waals surface area contributed by atoms with Gasteiger partial charge in [-0.25, -0.2) is 0 Å². The lowest BCUT2D eigenvalue weighted by atomic mass is 10.0. The summed E-state index contributed by atoms with van der Waals surface area (Å²) in [5.74, 6) is -6.73. The number of carboxylic acids is 1. The van der Waals surface area contributed by atoms with Crippen LogP contribution in [0.25, 0.3) is 0 Å². The van der Waals surface area contributed by atoms with Crippen LogP contribution in [0.2, 0.25) is 0 Å². The number of carbonyl (C=O) groups is 5. The number of carbonyl (C=O) groups excluding carboxylic acids is 4. The summed E-state index contributed by atoms with van der Waals surface area (Å²) in [6.07, 6.45) is -1.33. The molecule has 0 aromatic heterocycles. The number of aliphatic carboxylic acids is 1. The minimum atomic E-state index is -1.43. The molecule has 0 aliphatic heterocycles. The van der Waals surface area contributed by atoms with Gasteiger partial charge >= 0.3 is 29.8 Å². The van der Waals surface area contributed by atoms with Crippen molar-refractivity contribution >= 4 is 29.8 Å². The first-order chi connectivity index (χ1) is 8.22. The van der Waals surface area contributed by atoms with E-state index in [0.717, 1.165) is 13.8 Å². The number of ether oxygens (including phenoxy) is 2. The van der Waals surface area contributed by atoms with E-state index in [1.54, 1.807) is 0 Å². The second kappa shape index (κ2) is 7.15. The van der Waals surface area contributed by atoms with Gasteiger partial charge in [0.1, 0.15) is 0 Å². The van der Waals surface area contributed by atoms with Gasteiger partial charge in [-0.3, -0.25) is 24.0 Å². The van der Waals surface area contributed by atoms with E-state index >= 15 is 0 Å². The van der Waals surface area contributed by atoms with E-state index in [1.165, 1.54) is 0 Å². The van der Waals surface area contributed by atoms with E-state index in [2.05, 4.69) is 9.47 Å². The molecule has 0 bridgehead atoms. The van der Waals surface area contributed by atoms with Gasteiger partial charge in [0, 0.05) is 13.8 Å². The van der Waals surface area contributed by atoms with Gasteiger partial charge in [0.25, 0.3) is 0 Å². The summed E-state index contributed by atoms with van der Waals surface area (Å²) < 4.78 is 8.27. The van der Waals surface area contributed by atoms with E-state index < -0.39 is 48.6 Å². The Balaban J connectivity index is 4.44. The highest BCUT2D eigenvalue weighted by Gasteiger charge is 2.27. The van der Waals surface area contributed by atoms with Crippen LogP contribution in [0.4, 0.5) is 0 Å². The molecule has 0 aromatic carbocycles. The summed E-state index contributed by atoms with van der Waals surface area (Å²) in [5, 5.41) is 8.75. The zero-order valence-corrected chi connectivity index (χ0v) is 9.80.